The molecule has 0 aliphatic carbocycles. The number of fused-ring (bicyclic) bond motifs is 1. The van der Waals surface area contributed by atoms with Crippen molar-refractivity contribution in [3.8, 4) is 0 Å². The van der Waals surface area contributed by atoms with Crippen LogP contribution in [-0.2, 0) is 27.4 Å². The van der Waals surface area contributed by atoms with E-state index in [-0.39, 0.29) is 36.8 Å². The van der Waals surface area contributed by atoms with Crippen LogP contribution >= 0.6 is 11.6 Å². The van der Waals surface area contributed by atoms with Crippen molar-refractivity contribution in [2.45, 2.75) is 72.4 Å². The van der Waals surface area contributed by atoms with Crippen LogP contribution in [-0.4, -0.2) is 36.8 Å². The molecule has 3 aromatic carbocycles. The van der Waals surface area contributed by atoms with Gasteiger partial charge in [-0.1, -0.05) is 74.8 Å². The smallest absolute Gasteiger partial charge is 0.407 e. The molecular weight excluding hydrogens is 569 g/mol. The van der Waals surface area contributed by atoms with Gasteiger partial charge in [-0.3, -0.25) is 4.79 Å². The standard InChI is InChI=1S/C34H41ClFN3O4/c1-33(2,3)21-39-28-15-14-25(35)17-26(28)30(23-12-9-10-22(16-23)18-38-32(41)43-34(4,5)6)42-29(31(39)40)20-37-19-24-11-7-8-13-27(24)36/h7-17,29-30,37H,18-21H2,1-6H3,(H,38,41). The number of alkyl carbamates (subject to hydrolysis) is 1. The minimum atomic E-state index is -0.867. The lowest BCUT2D eigenvalue weighted by Crippen LogP contribution is -2.47. The first-order valence-corrected chi connectivity index (χ1v) is 14.8. The number of amides is 2. The second-order valence-corrected chi connectivity index (χ2v) is 13.5. The first-order valence-electron chi connectivity index (χ1n) is 14.5. The van der Waals surface area contributed by atoms with Crippen molar-refractivity contribution >= 4 is 29.3 Å². The van der Waals surface area contributed by atoms with Crippen molar-refractivity contribution in [2.75, 3.05) is 18.0 Å². The molecule has 1 heterocycles. The summed E-state index contributed by atoms with van der Waals surface area (Å²) >= 11 is 6.50. The summed E-state index contributed by atoms with van der Waals surface area (Å²) in [5.41, 5.74) is 2.83. The highest BCUT2D eigenvalue weighted by atomic mass is 35.5. The fourth-order valence-corrected chi connectivity index (χ4v) is 5.12. The summed E-state index contributed by atoms with van der Waals surface area (Å²) in [6.07, 6.45) is -2.01. The third-order valence-corrected chi connectivity index (χ3v) is 6.96. The van der Waals surface area contributed by atoms with Gasteiger partial charge in [0, 0.05) is 48.0 Å². The number of hydrogen-bond acceptors (Lipinski definition) is 5. The predicted molar refractivity (Wildman–Crippen MR) is 168 cm³/mol. The van der Waals surface area contributed by atoms with Gasteiger partial charge in [-0.05, 0) is 61.6 Å². The van der Waals surface area contributed by atoms with Crippen LogP contribution in [0.25, 0.3) is 0 Å². The van der Waals surface area contributed by atoms with E-state index in [2.05, 4.69) is 31.4 Å². The van der Waals surface area contributed by atoms with E-state index >= 15 is 0 Å². The maximum Gasteiger partial charge on any atom is 0.407 e. The molecule has 3 aromatic rings. The van der Waals surface area contributed by atoms with E-state index in [0.29, 0.717) is 17.1 Å². The van der Waals surface area contributed by atoms with E-state index in [0.717, 1.165) is 22.4 Å². The lowest BCUT2D eigenvalue weighted by atomic mass is 9.94. The lowest BCUT2D eigenvalue weighted by molar-refractivity contribution is -0.131. The molecule has 2 unspecified atom stereocenters. The zero-order chi connectivity index (χ0) is 31.4. The van der Waals surface area contributed by atoms with Gasteiger partial charge in [0.05, 0.1) is 0 Å². The SMILES string of the molecule is CC(C)(C)CN1C(=O)C(CNCc2ccccc2F)OC(c2cccc(CNC(=O)OC(C)(C)C)c2)c2cc(Cl)ccc21. The Morgan fingerprint density at radius 3 is 2.44 bits per heavy atom. The molecule has 230 valence electrons. The van der Waals surface area contributed by atoms with Gasteiger partial charge in [-0.25, -0.2) is 9.18 Å². The summed E-state index contributed by atoms with van der Waals surface area (Å²) in [5, 5.41) is 6.55. The minimum absolute atomic E-state index is 0.173. The highest BCUT2D eigenvalue weighted by Crippen LogP contribution is 2.40. The van der Waals surface area contributed by atoms with Crippen LogP contribution in [0, 0.1) is 11.2 Å². The van der Waals surface area contributed by atoms with E-state index in [1.54, 1.807) is 29.2 Å². The zero-order valence-corrected chi connectivity index (χ0v) is 26.4. The van der Waals surface area contributed by atoms with Gasteiger partial charge in [-0.2, -0.15) is 0 Å². The first kappa shape index (κ1) is 32.5. The molecule has 1 aliphatic rings. The van der Waals surface area contributed by atoms with Crippen molar-refractivity contribution in [3.05, 3.63) is 99.8 Å². The fourth-order valence-electron chi connectivity index (χ4n) is 4.93. The molecule has 0 saturated carbocycles. The Hall–Kier alpha value is -3.46. The molecule has 43 heavy (non-hydrogen) atoms. The van der Waals surface area contributed by atoms with Crippen LogP contribution in [0.2, 0.25) is 5.02 Å². The number of benzene rings is 3. The Balaban J connectivity index is 1.67. The molecule has 2 amide bonds. The summed E-state index contributed by atoms with van der Waals surface area (Å²) in [4.78, 5) is 28.2. The Bertz CT molecular complexity index is 1450. The molecule has 9 heteroatoms. The quantitative estimate of drug-likeness (QED) is 0.283. The first-order chi connectivity index (χ1) is 20.2. The summed E-state index contributed by atoms with van der Waals surface area (Å²) in [6.45, 7) is 12.8. The maximum atomic E-state index is 14.3. The lowest BCUT2D eigenvalue weighted by Gasteiger charge is -2.31. The zero-order valence-electron chi connectivity index (χ0n) is 25.7. The number of carbonyl (C=O) groups excluding carboxylic acids is 2. The van der Waals surface area contributed by atoms with Crippen molar-refractivity contribution in [1.82, 2.24) is 10.6 Å². The van der Waals surface area contributed by atoms with Gasteiger partial charge in [0.2, 0.25) is 0 Å². The third kappa shape index (κ3) is 9.02. The van der Waals surface area contributed by atoms with Gasteiger partial charge in [0.1, 0.15) is 23.6 Å². The van der Waals surface area contributed by atoms with Gasteiger partial charge < -0.3 is 25.0 Å². The number of halogens is 2. The van der Waals surface area contributed by atoms with Crippen LogP contribution in [0.4, 0.5) is 14.9 Å². The normalized spacial score (nSPS) is 17.3. The second-order valence-electron chi connectivity index (χ2n) is 13.0. The van der Waals surface area contributed by atoms with Crippen LogP contribution in [0.5, 0.6) is 0 Å². The maximum absolute atomic E-state index is 14.3. The van der Waals surface area contributed by atoms with Crippen LogP contribution in [0.15, 0.2) is 66.7 Å². The highest BCUT2D eigenvalue weighted by molar-refractivity contribution is 6.30. The summed E-state index contributed by atoms with van der Waals surface area (Å²) < 4.78 is 26.3. The average Bonchev–Trinajstić information content (AvgIpc) is 3.02. The Kier molecular flexibility index (Phi) is 10.2. The Labute approximate surface area is 258 Å². The van der Waals surface area contributed by atoms with Crippen LogP contribution in [0.3, 0.4) is 0 Å². The van der Waals surface area contributed by atoms with E-state index in [1.165, 1.54) is 6.07 Å². The Morgan fingerprint density at radius 2 is 1.74 bits per heavy atom. The number of rotatable bonds is 8. The molecular formula is C34H41ClFN3O4. The molecule has 0 saturated heterocycles. The number of nitrogens with zero attached hydrogens (tertiary/aromatic N) is 1. The monoisotopic (exact) mass is 609 g/mol. The number of anilines is 1. The molecule has 0 aromatic heterocycles. The van der Waals surface area contributed by atoms with Gasteiger partial charge >= 0.3 is 6.09 Å². The molecule has 2 N–H and O–H groups in total. The van der Waals surface area contributed by atoms with Crippen molar-refractivity contribution in [2.24, 2.45) is 5.41 Å². The van der Waals surface area contributed by atoms with Crippen molar-refractivity contribution in [1.29, 1.82) is 0 Å². The van der Waals surface area contributed by atoms with Gasteiger partial charge in [0.15, 0.2) is 0 Å². The molecule has 0 spiro atoms. The third-order valence-electron chi connectivity index (χ3n) is 6.73. The van der Waals surface area contributed by atoms with E-state index < -0.39 is 23.9 Å². The summed E-state index contributed by atoms with van der Waals surface area (Å²) in [7, 11) is 0. The topological polar surface area (TPSA) is 79.9 Å². The van der Waals surface area contributed by atoms with Gasteiger partial charge in [-0.15, -0.1) is 0 Å². The number of carbonyl (C=O) groups is 2. The van der Waals surface area contributed by atoms with Crippen molar-refractivity contribution < 1.29 is 23.5 Å². The summed E-state index contributed by atoms with van der Waals surface area (Å²) in [5.74, 6) is -0.501. The number of ether oxygens (including phenoxy) is 2. The molecule has 0 radical (unpaired) electrons. The predicted octanol–water partition coefficient (Wildman–Crippen LogP) is 7.16. The molecule has 1 aliphatic heterocycles. The molecule has 4 rings (SSSR count). The second kappa shape index (κ2) is 13.5. The largest absolute Gasteiger partial charge is 0.444 e. The summed E-state index contributed by atoms with van der Waals surface area (Å²) in [6, 6.07) is 19.7. The molecule has 2 atom stereocenters. The van der Waals surface area contributed by atoms with E-state index in [9.17, 15) is 14.0 Å². The van der Waals surface area contributed by atoms with Crippen molar-refractivity contribution in [3.63, 3.8) is 0 Å². The van der Waals surface area contributed by atoms with E-state index in [1.807, 2.05) is 57.2 Å². The van der Waals surface area contributed by atoms with Crippen LogP contribution in [0.1, 0.15) is 69.9 Å². The number of nitrogens with one attached hydrogen (secondary N) is 2. The fraction of sp³-hybridized carbons (Fsp3) is 0.412. The molecule has 0 bridgehead atoms. The highest BCUT2D eigenvalue weighted by Gasteiger charge is 2.38. The van der Waals surface area contributed by atoms with E-state index in [4.69, 9.17) is 21.1 Å². The Morgan fingerprint density at radius 1 is 1.00 bits per heavy atom. The molecule has 0 fully saturated rings. The van der Waals surface area contributed by atoms with Crippen LogP contribution < -0.4 is 15.5 Å². The molecule has 7 nitrogen and oxygen atoms in total. The minimum Gasteiger partial charge on any atom is -0.444 e. The van der Waals surface area contributed by atoms with Gasteiger partial charge in [0.25, 0.3) is 5.91 Å². The number of hydrogen-bond donors (Lipinski definition) is 2. The average molecular weight is 610 g/mol.